The Labute approximate surface area is 203 Å². The van der Waals surface area contributed by atoms with Crippen molar-refractivity contribution in [1.82, 2.24) is 19.6 Å². The van der Waals surface area contributed by atoms with Gasteiger partial charge in [-0.25, -0.2) is 18.9 Å². The number of carbonyl (C=O) groups is 1. The minimum absolute atomic E-state index is 0.0954. The lowest BCUT2D eigenvalue weighted by Crippen LogP contribution is -2.27. The Morgan fingerprint density at radius 2 is 2.17 bits per heavy atom. The van der Waals surface area contributed by atoms with Gasteiger partial charge in [0, 0.05) is 22.7 Å². The van der Waals surface area contributed by atoms with Gasteiger partial charge in [0.05, 0.1) is 29.9 Å². The highest BCUT2D eigenvalue weighted by molar-refractivity contribution is 7.19. The molecule has 0 spiro atoms. The first kappa shape index (κ1) is 21.5. The molecule has 1 aliphatic rings. The summed E-state index contributed by atoms with van der Waals surface area (Å²) in [5.41, 5.74) is 3.35. The number of aryl methyl sites for hydroxylation is 1. The summed E-state index contributed by atoms with van der Waals surface area (Å²) in [7, 11) is 1.62. The number of amides is 1. The highest BCUT2D eigenvalue weighted by atomic mass is 32.1. The number of methoxy groups -OCH3 is 1. The number of anilines is 3. The molecule has 6 rings (SSSR count). The van der Waals surface area contributed by atoms with Gasteiger partial charge in [0.25, 0.3) is 0 Å². The molecule has 1 aliphatic carbocycles. The number of nitrogens with zero attached hydrogens (tertiary/aromatic N) is 4. The molecule has 8 nitrogen and oxygen atoms in total. The van der Waals surface area contributed by atoms with E-state index < -0.39 is 0 Å². The second-order valence-corrected chi connectivity index (χ2v) is 9.51. The van der Waals surface area contributed by atoms with Crippen molar-refractivity contribution in [2.24, 2.45) is 5.92 Å². The minimum atomic E-state index is -0.374. The van der Waals surface area contributed by atoms with E-state index in [2.05, 4.69) is 25.7 Å². The fourth-order valence-electron chi connectivity index (χ4n) is 4.57. The molecule has 0 saturated carbocycles. The second-order valence-electron chi connectivity index (χ2n) is 8.43. The zero-order valence-electron chi connectivity index (χ0n) is 18.8. The van der Waals surface area contributed by atoms with E-state index in [1.54, 1.807) is 47.6 Å². The van der Waals surface area contributed by atoms with Crippen LogP contribution < -0.4 is 15.4 Å². The first-order chi connectivity index (χ1) is 17.1. The maximum Gasteiger partial charge on any atom is 0.227 e. The summed E-state index contributed by atoms with van der Waals surface area (Å²) in [5.74, 6) is 0.693. The van der Waals surface area contributed by atoms with Crippen LogP contribution in [0.5, 0.6) is 5.75 Å². The van der Waals surface area contributed by atoms with E-state index in [0.29, 0.717) is 30.1 Å². The molecule has 0 radical (unpaired) electrons. The predicted molar refractivity (Wildman–Crippen MR) is 133 cm³/mol. The third-order valence-corrected chi connectivity index (χ3v) is 7.44. The van der Waals surface area contributed by atoms with Gasteiger partial charge in [0.15, 0.2) is 5.75 Å². The van der Waals surface area contributed by atoms with E-state index >= 15 is 0 Å². The van der Waals surface area contributed by atoms with Gasteiger partial charge in [-0.3, -0.25) is 4.79 Å². The van der Waals surface area contributed by atoms with Crippen LogP contribution in [0.3, 0.4) is 0 Å². The Kier molecular flexibility index (Phi) is 5.29. The molecule has 0 saturated heterocycles. The number of ether oxygens (including phenoxy) is 1. The van der Waals surface area contributed by atoms with Crippen molar-refractivity contribution >= 4 is 50.2 Å². The Bertz CT molecular complexity index is 1580. The Balaban J connectivity index is 1.29. The smallest absolute Gasteiger partial charge is 0.227 e. The van der Waals surface area contributed by atoms with E-state index in [0.717, 1.165) is 32.7 Å². The van der Waals surface area contributed by atoms with Crippen LogP contribution in [0.4, 0.5) is 21.6 Å². The SMILES string of the molecule is COc1cn2nccc2cc1Nc1ncnc2sc3c(c12)CC[C@H](C(=O)Nc1cccc(F)c1)C3. The summed E-state index contributed by atoms with van der Waals surface area (Å²) in [5, 5.41) is 11.5. The fraction of sp³-hybridized carbons (Fsp3) is 0.200. The van der Waals surface area contributed by atoms with Crippen LogP contribution in [0, 0.1) is 11.7 Å². The summed E-state index contributed by atoms with van der Waals surface area (Å²) in [6.07, 6.45) is 7.14. The molecule has 35 heavy (non-hydrogen) atoms. The van der Waals surface area contributed by atoms with Crippen LogP contribution in [0.2, 0.25) is 0 Å². The van der Waals surface area contributed by atoms with Crippen LogP contribution in [-0.2, 0) is 17.6 Å². The van der Waals surface area contributed by atoms with Crippen molar-refractivity contribution in [2.75, 3.05) is 17.7 Å². The number of aromatic nitrogens is 4. The van der Waals surface area contributed by atoms with E-state index in [-0.39, 0.29) is 17.6 Å². The molecule has 4 aromatic heterocycles. The third-order valence-electron chi connectivity index (χ3n) is 6.28. The highest BCUT2D eigenvalue weighted by Gasteiger charge is 2.29. The van der Waals surface area contributed by atoms with Crippen molar-refractivity contribution in [3.05, 3.63) is 71.4 Å². The number of pyridine rings is 1. The second kappa shape index (κ2) is 8.62. The van der Waals surface area contributed by atoms with Gasteiger partial charge >= 0.3 is 0 Å². The van der Waals surface area contributed by atoms with Crippen LogP contribution in [0.25, 0.3) is 15.7 Å². The maximum absolute atomic E-state index is 13.5. The Hall–Kier alpha value is -4.05. The fourth-order valence-corrected chi connectivity index (χ4v) is 5.84. The number of hydrogen-bond donors (Lipinski definition) is 2. The van der Waals surface area contributed by atoms with Crippen LogP contribution in [0.1, 0.15) is 16.9 Å². The lowest BCUT2D eigenvalue weighted by Gasteiger charge is -2.22. The highest BCUT2D eigenvalue weighted by Crippen LogP contribution is 2.41. The average Bonchev–Trinajstić information content (AvgIpc) is 3.47. The third kappa shape index (κ3) is 3.95. The van der Waals surface area contributed by atoms with Gasteiger partial charge in [-0.2, -0.15) is 5.10 Å². The van der Waals surface area contributed by atoms with Gasteiger partial charge in [0.1, 0.15) is 22.8 Å². The first-order valence-electron chi connectivity index (χ1n) is 11.2. The largest absolute Gasteiger partial charge is 0.493 e. The molecule has 176 valence electrons. The number of halogens is 1. The van der Waals surface area contributed by atoms with Crippen molar-refractivity contribution in [3.63, 3.8) is 0 Å². The minimum Gasteiger partial charge on any atom is -0.493 e. The molecule has 1 atom stereocenters. The van der Waals surface area contributed by atoms with Crippen molar-refractivity contribution in [1.29, 1.82) is 0 Å². The van der Waals surface area contributed by atoms with E-state index in [1.165, 1.54) is 17.7 Å². The number of hydrogen-bond acceptors (Lipinski definition) is 7. The summed E-state index contributed by atoms with van der Waals surface area (Å²) in [6.45, 7) is 0. The zero-order chi connectivity index (χ0) is 23.9. The number of carbonyl (C=O) groups excluding carboxylic acids is 1. The lowest BCUT2D eigenvalue weighted by atomic mass is 9.87. The van der Waals surface area contributed by atoms with E-state index in [1.807, 2.05) is 18.3 Å². The molecule has 0 fully saturated rings. The molecular weight excluding hydrogens is 467 g/mol. The van der Waals surface area contributed by atoms with Gasteiger partial charge in [0.2, 0.25) is 5.91 Å². The lowest BCUT2D eigenvalue weighted by molar-refractivity contribution is -0.120. The Morgan fingerprint density at radius 1 is 1.26 bits per heavy atom. The molecule has 2 N–H and O–H groups in total. The van der Waals surface area contributed by atoms with Gasteiger partial charge in [-0.05, 0) is 55.2 Å². The summed E-state index contributed by atoms with van der Waals surface area (Å²) in [4.78, 5) is 23.9. The maximum atomic E-state index is 13.5. The standard InChI is InChI=1S/C25H21FN6O2S/c1-34-20-12-32-17(7-8-29-32)11-19(20)31-23-22-18-6-5-14(9-21(18)35-25(22)28-13-27-23)24(33)30-16-4-2-3-15(26)10-16/h2-4,7-8,10-14H,5-6,9H2,1H3,(H,30,33)(H,27,28,31)/t14-/m0/s1. The van der Waals surface area contributed by atoms with Crippen molar-refractivity contribution < 1.29 is 13.9 Å². The normalized spacial score (nSPS) is 15.2. The van der Waals surface area contributed by atoms with Crippen molar-refractivity contribution in [3.8, 4) is 5.75 Å². The molecule has 0 bridgehead atoms. The Morgan fingerprint density at radius 3 is 3.03 bits per heavy atom. The molecule has 0 unspecified atom stereocenters. The summed E-state index contributed by atoms with van der Waals surface area (Å²) >= 11 is 1.59. The number of nitrogens with one attached hydrogen (secondary N) is 2. The van der Waals surface area contributed by atoms with E-state index in [9.17, 15) is 9.18 Å². The quantitative estimate of drug-likeness (QED) is 0.363. The average molecular weight is 489 g/mol. The molecule has 1 aromatic carbocycles. The molecule has 0 aliphatic heterocycles. The summed E-state index contributed by atoms with van der Waals surface area (Å²) in [6, 6.07) is 9.85. The molecule has 1 amide bonds. The monoisotopic (exact) mass is 488 g/mol. The molecular formula is C25H21FN6O2S. The number of benzene rings is 1. The summed E-state index contributed by atoms with van der Waals surface area (Å²) < 4.78 is 20.8. The van der Waals surface area contributed by atoms with Gasteiger partial charge < -0.3 is 15.4 Å². The topological polar surface area (TPSA) is 93.4 Å². The number of fused-ring (bicyclic) bond motifs is 4. The van der Waals surface area contributed by atoms with Gasteiger partial charge in [-0.15, -0.1) is 11.3 Å². The molecule has 4 heterocycles. The number of thiophene rings is 1. The predicted octanol–water partition coefficient (Wildman–Crippen LogP) is 4.97. The molecule has 5 aromatic rings. The zero-order valence-corrected chi connectivity index (χ0v) is 19.6. The first-order valence-corrected chi connectivity index (χ1v) is 12.0. The number of rotatable bonds is 5. The van der Waals surface area contributed by atoms with Crippen LogP contribution in [0.15, 0.2) is 55.1 Å². The van der Waals surface area contributed by atoms with Crippen LogP contribution in [-0.4, -0.2) is 32.6 Å². The van der Waals surface area contributed by atoms with Crippen molar-refractivity contribution in [2.45, 2.75) is 19.3 Å². The van der Waals surface area contributed by atoms with Gasteiger partial charge in [-0.1, -0.05) is 6.07 Å². The van der Waals surface area contributed by atoms with Crippen LogP contribution >= 0.6 is 11.3 Å². The molecule has 10 heteroatoms. The van der Waals surface area contributed by atoms with E-state index in [4.69, 9.17) is 4.74 Å².